The van der Waals surface area contributed by atoms with E-state index >= 15 is 0 Å². The topological polar surface area (TPSA) is 131 Å². The third-order valence-electron chi connectivity index (χ3n) is 5.19. The van der Waals surface area contributed by atoms with Crippen molar-refractivity contribution in [1.82, 2.24) is 20.8 Å². The van der Waals surface area contributed by atoms with Gasteiger partial charge >= 0.3 is 0 Å². The molecular weight excluding hydrogens is 424 g/mol. The second kappa shape index (κ2) is 10.6. The average Bonchev–Trinajstić information content (AvgIpc) is 3.33. The lowest BCUT2D eigenvalue weighted by molar-refractivity contribution is -0.121. The molecule has 1 atom stereocenters. The van der Waals surface area contributed by atoms with E-state index in [4.69, 9.17) is 9.26 Å². The van der Waals surface area contributed by atoms with Crippen LogP contribution in [0.2, 0.25) is 0 Å². The van der Waals surface area contributed by atoms with Crippen LogP contribution in [0.25, 0.3) is 11.4 Å². The van der Waals surface area contributed by atoms with Crippen molar-refractivity contribution < 1.29 is 18.8 Å². The molecule has 1 unspecified atom stereocenters. The summed E-state index contributed by atoms with van der Waals surface area (Å²) >= 11 is 0. The Morgan fingerprint density at radius 2 is 2.00 bits per heavy atom. The quantitative estimate of drug-likeness (QED) is 0.534. The summed E-state index contributed by atoms with van der Waals surface area (Å²) in [4.78, 5) is 28.3. The van der Waals surface area contributed by atoms with Gasteiger partial charge in [-0.3, -0.25) is 9.59 Å². The first kappa shape index (κ1) is 22.3. The number of aromatic nitrogens is 2. The van der Waals surface area contributed by atoms with Gasteiger partial charge in [0.05, 0.1) is 18.7 Å². The third kappa shape index (κ3) is 5.66. The van der Waals surface area contributed by atoms with Gasteiger partial charge in [-0.25, -0.2) is 0 Å². The Labute approximate surface area is 190 Å². The number of fused-ring (bicyclic) bond motifs is 1. The number of azo groups is 1. The zero-order valence-corrected chi connectivity index (χ0v) is 18.2. The number of nitrogens with one attached hydrogen (secondary N) is 2. The summed E-state index contributed by atoms with van der Waals surface area (Å²) in [6.45, 7) is 1.47. The summed E-state index contributed by atoms with van der Waals surface area (Å²) < 4.78 is 10.4. The van der Waals surface area contributed by atoms with Crippen LogP contribution in [0.15, 0.2) is 74.6 Å². The number of carbonyl (C=O) groups is 2. The molecule has 2 heterocycles. The van der Waals surface area contributed by atoms with Gasteiger partial charge < -0.3 is 19.9 Å². The molecule has 0 fully saturated rings. The number of hydrogen-bond acceptors (Lipinski definition) is 8. The van der Waals surface area contributed by atoms with Gasteiger partial charge in [-0.15, -0.1) is 5.11 Å². The third-order valence-corrected chi connectivity index (χ3v) is 5.19. The normalized spacial score (nSPS) is 16.8. The van der Waals surface area contributed by atoms with Crippen molar-refractivity contribution in [2.24, 2.45) is 16.1 Å². The maximum absolute atomic E-state index is 12.1. The first-order valence-corrected chi connectivity index (χ1v) is 10.6. The molecule has 0 spiro atoms. The summed E-state index contributed by atoms with van der Waals surface area (Å²) in [6, 6.07) is 7.33. The second-order valence-corrected chi connectivity index (χ2v) is 7.43. The molecule has 170 valence electrons. The summed E-state index contributed by atoms with van der Waals surface area (Å²) in [5, 5.41) is 17.8. The molecular formula is C23H24N6O4. The number of benzene rings is 1. The molecule has 2 aromatic rings. The summed E-state index contributed by atoms with van der Waals surface area (Å²) in [5.74, 6) is 0.921. The Morgan fingerprint density at radius 3 is 2.82 bits per heavy atom. The lowest BCUT2D eigenvalue weighted by Crippen LogP contribution is -2.33. The highest BCUT2D eigenvalue weighted by atomic mass is 16.5. The number of aryl methyl sites for hydroxylation is 1. The smallest absolute Gasteiger partial charge is 0.275 e. The van der Waals surface area contributed by atoms with Crippen LogP contribution in [0.4, 0.5) is 0 Å². The molecule has 2 aliphatic rings. The maximum atomic E-state index is 12.1. The van der Waals surface area contributed by atoms with Crippen molar-refractivity contribution in [3.63, 3.8) is 0 Å². The molecule has 0 saturated heterocycles. The molecule has 0 radical (unpaired) electrons. The summed E-state index contributed by atoms with van der Waals surface area (Å²) in [5.41, 5.74) is 2.41. The number of rotatable bonds is 10. The van der Waals surface area contributed by atoms with Crippen molar-refractivity contribution in [2.75, 3.05) is 26.7 Å². The van der Waals surface area contributed by atoms with E-state index in [1.807, 2.05) is 48.6 Å². The summed E-state index contributed by atoms with van der Waals surface area (Å²) in [7, 11) is 1.60. The molecule has 0 saturated carbocycles. The molecule has 10 nitrogen and oxygen atoms in total. The van der Waals surface area contributed by atoms with Gasteiger partial charge in [0.15, 0.2) is 0 Å². The van der Waals surface area contributed by atoms with Crippen LogP contribution in [0.5, 0.6) is 5.75 Å². The van der Waals surface area contributed by atoms with Crippen LogP contribution in [-0.4, -0.2) is 48.7 Å². The Bertz CT molecular complexity index is 1130. The van der Waals surface area contributed by atoms with Crippen molar-refractivity contribution in [3.8, 4) is 17.1 Å². The molecule has 1 aromatic carbocycles. The standard InChI is InChI=1S/C23H24N6O4/c1-32-16-8-6-15(7-9-16)22-26-21(33-29-22)11-10-20(30)25-13-12-24-14-19-17-4-2-3-5-18(17)23(31)28-27-19/h2-9,18,24H,10-14H2,1H3,(H,25,30). The minimum Gasteiger partial charge on any atom is -0.497 e. The monoisotopic (exact) mass is 448 g/mol. The highest BCUT2D eigenvalue weighted by molar-refractivity contribution is 5.86. The Hall–Kier alpha value is -3.92. The van der Waals surface area contributed by atoms with Crippen LogP contribution < -0.4 is 15.4 Å². The molecule has 2 amide bonds. The molecule has 1 aliphatic carbocycles. The molecule has 10 heteroatoms. The predicted octanol–water partition coefficient (Wildman–Crippen LogP) is 2.37. The van der Waals surface area contributed by atoms with Crippen LogP contribution in [0.1, 0.15) is 12.3 Å². The van der Waals surface area contributed by atoms with Gasteiger partial charge in [0.2, 0.25) is 17.6 Å². The van der Waals surface area contributed by atoms with E-state index in [0.29, 0.717) is 37.8 Å². The highest BCUT2D eigenvalue weighted by Crippen LogP contribution is 2.28. The lowest BCUT2D eigenvalue weighted by atomic mass is 9.91. The van der Waals surface area contributed by atoms with Crippen LogP contribution >= 0.6 is 0 Å². The van der Waals surface area contributed by atoms with Gasteiger partial charge in [0.25, 0.3) is 5.91 Å². The number of ether oxygens (including phenoxy) is 1. The largest absolute Gasteiger partial charge is 0.497 e. The number of amides is 2. The zero-order valence-electron chi connectivity index (χ0n) is 18.2. The Morgan fingerprint density at radius 1 is 1.15 bits per heavy atom. The first-order chi connectivity index (χ1) is 16.1. The van der Waals surface area contributed by atoms with Crippen molar-refractivity contribution >= 4 is 11.8 Å². The SMILES string of the molecule is COc1ccc(-c2noc(CCC(=O)NCCNCC3=C4C=CC=CC4C(=O)N=N3)n2)cc1. The molecule has 2 N–H and O–H groups in total. The number of hydrogen-bond donors (Lipinski definition) is 2. The van der Waals surface area contributed by atoms with Gasteiger partial charge in [-0.2, -0.15) is 10.1 Å². The minimum absolute atomic E-state index is 0.105. The van der Waals surface area contributed by atoms with E-state index in [9.17, 15) is 9.59 Å². The fourth-order valence-electron chi connectivity index (χ4n) is 3.42. The number of methoxy groups -OCH3 is 1. The molecule has 1 aliphatic heterocycles. The van der Waals surface area contributed by atoms with E-state index in [1.54, 1.807) is 7.11 Å². The summed E-state index contributed by atoms with van der Waals surface area (Å²) in [6.07, 6.45) is 8.02. The van der Waals surface area contributed by atoms with Crippen molar-refractivity contribution in [3.05, 3.63) is 65.7 Å². The van der Waals surface area contributed by atoms with Gasteiger partial charge in [-0.05, 0) is 29.8 Å². The fraction of sp³-hybridized carbons (Fsp3) is 0.304. The highest BCUT2D eigenvalue weighted by Gasteiger charge is 2.26. The second-order valence-electron chi connectivity index (χ2n) is 7.43. The molecule has 33 heavy (non-hydrogen) atoms. The van der Waals surface area contributed by atoms with E-state index < -0.39 is 0 Å². The van der Waals surface area contributed by atoms with Crippen LogP contribution in [-0.2, 0) is 16.0 Å². The van der Waals surface area contributed by atoms with Gasteiger partial charge in [0.1, 0.15) is 5.75 Å². The number of nitrogens with zero attached hydrogens (tertiary/aromatic N) is 4. The van der Waals surface area contributed by atoms with E-state index in [2.05, 4.69) is 31.0 Å². The molecule has 4 rings (SSSR count). The van der Waals surface area contributed by atoms with E-state index in [0.717, 1.165) is 22.6 Å². The molecule has 0 bridgehead atoms. The van der Waals surface area contributed by atoms with Crippen LogP contribution in [0.3, 0.4) is 0 Å². The fourth-order valence-corrected chi connectivity index (χ4v) is 3.42. The Balaban J connectivity index is 1.16. The van der Waals surface area contributed by atoms with Crippen molar-refractivity contribution in [1.29, 1.82) is 0 Å². The average molecular weight is 448 g/mol. The van der Waals surface area contributed by atoms with E-state index in [-0.39, 0.29) is 24.2 Å². The predicted molar refractivity (Wildman–Crippen MR) is 119 cm³/mol. The first-order valence-electron chi connectivity index (χ1n) is 10.6. The van der Waals surface area contributed by atoms with Crippen molar-refractivity contribution in [2.45, 2.75) is 12.8 Å². The number of carbonyl (C=O) groups excluding carboxylic acids is 2. The van der Waals surface area contributed by atoms with E-state index in [1.165, 1.54) is 0 Å². The Kier molecular flexibility index (Phi) is 7.16. The van der Waals surface area contributed by atoms with Crippen LogP contribution in [0, 0.1) is 5.92 Å². The van der Waals surface area contributed by atoms with Gasteiger partial charge in [0, 0.05) is 38.0 Å². The maximum Gasteiger partial charge on any atom is 0.275 e. The zero-order chi connectivity index (χ0) is 23.0. The molecule has 1 aromatic heterocycles. The minimum atomic E-state index is -0.348. The lowest BCUT2D eigenvalue weighted by Gasteiger charge is -2.19. The van der Waals surface area contributed by atoms with Gasteiger partial charge in [-0.1, -0.05) is 29.5 Å². The number of allylic oxidation sites excluding steroid dienone is 3.